The molecule has 4 unspecified atom stereocenters. The first-order chi connectivity index (χ1) is 17.9. The molecule has 0 aliphatic carbocycles. The molecular weight excluding hydrogens is 466 g/mol. The maximum atomic E-state index is 12.4. The lowest BCUT2D eigenvalue weighted by molar-refractivity contribution is -0.00151. The molecule has 0 spiro atoms. The number of hydrogen-bond donors (Lipinski definition) is 1. The van der Waals surface area contributed by atoms with Crippen LogP contribution in [-0.2, 0) is 4.74 Å². The van der Waals surface area contributed by atoms with Gasteiger partial charge in [0.25, 0.3) is 0 Å². The van der Waals surface area contributed by atoms with Gasteiger partial charge in [0.2, 0.25) is 0 Å². The third-order valence-electron chi connectivity index (χ3n) is 7.54. The number of ether oxygens (including phenoxy) is 2. The van der Waals surface area contributed by atoms with E-state index in [2.05, 4.69) is 45.4 Å². The number of piperidine rings is 3. The first kappa shape index (κ1) is 25.0. The predicted molar refractivity (Wildman–Crippen MR) is 145 cm³/mol. The van der Waals surface area contributed by atoms with Crippen LogP contribution in [0.4, 0.5) is 16.2 Å². The summed E-state index contributed by atoms with van der Waals surface area (Å²) < 4.78 is 10.8. The molecular formula is C29H35N5O3. The summed E-state index contributed by atoms with van der Waals surface area (Å²) in [6, 6.07) is 18.1. The van der Waals surface area contributed by atoms with Gasteiger partial charge in [-0.2, -0.15) is 0 Å². The van der Waals surface area contributed by atoms with Gasteiger partial charge in [0, 0.05) is 55.2 Å². The highest BCUT2D eigenvalue weighted by atomic mass is 16.5. The molecule has 0 saturated carbocycles. The number of nitrogens with zero attached hydrogens (tertiary/aromatic N) is 4. The van der Waals surface area contributed by atoms with Crippen molar-refractivity contribution in [1.82, 2.24) is 14.9 Å². The van der Waals surface area contributed by atoms with Gasteiger partial charge in [-0.05, 0) is 74.7 Å². The van der Waals surface area contributed by atoms with Crippen LogP contribution >= 0.6 is 0 Å². The largest absolute Gasteiger partial charge is 0.497 e. The van der Waals surface area contributed by atoms with Gasteiger partial charge < -0.3 is 14.4 Å². The maximum Gasteiger partial charge on any atom is 0.411 e. The second-order valence-electron chi connectivity index (χ2n) is 10.2. The van der Waals surface area contributed by atoms with Gasteiger partial charge in [0.05, 0.1) is 12.8 Å². The number of rotatable bonds is 7. The Bertz CT molecular complexity index is 1230. The van der Waals surface area contributed by atoms with E-state index in [0.29, 0.717) is 24.1 Å². The third kappa shape index (κ3) is 5.69. The zero-order valence-corrected chi connectivity index (χ0v) is 22.0. The van der Waals surface area contributed by atoms with Crippen molar-refractivity contribution >= 4 is 17.5 Å². The van der Waals surface area contributed by atoms with Crippen LogP contribution < -0.4 is 15.0 Å². The highest BCUT2D eigenvalue weighted by Crippen LogP contribution is 2.42. The maximum absolute atomic E-state index is 12.4. The molecule has 4 atom stereocenters. The quantitative estimate of drug-likeness (QED) is 0.491. The Labute approximate surface area is 218 Å². The Morgan fingerprint density at radius 3 is 2.51 bits per heavy atom. The molecule has 37 heavy (non-hydrogen) atoms. The number of amides is 1. The summed E-state index contributed by atoms with van der Waals surface area (Å²) in [7, 11) is 5.70. The van der Waals surface area contributed by atoms with E-state index < -0.39 is 6.09 Å². The van der Waals surface area contributed by atoms with Crippen molar-refractivity contribution in [2.24, 2.45) is 5.92 Å². The number of carbonyl (C=O) groups excluding carboxylic acids is 1. The van der Waals surface area contributed by atoms with Gasteiger partial charge in [0.15, 0.2) is 0 Å². The molecule has 3 fully saturated rings. The minimum Gasteiger partial charge on any atom is -0.497 e. The van der Waals surface area contributed by atoms with Crippen molar-refractivity contribution < 1.29 is 14.3 Å². The van der Waals surface area contributed by atoms with E-state index in [1.807, 2.05) is 21.0 Å². The fourth-order valence-electron chi connectivity index (χ4n) is 5.51. The lowest BCUT2D eigenvalue weighted by atomic mass is 9.74. The Morgan fingerprint density at radius 1 is 1.11 bits per heavy atom. The fraction of sp³-hybridized carbons (Fsp3) is 0.414. The van der Waals surface area contributed by atoms with E-state index in [4.69, 9.17) is 19.4 Å². The van der Waals surface area contributed by atoms with Crippen LogP contribution in [0.25, 0.3) is 11.3 Å². The van der Waals surface area contributed by atoms with E-state index in [9.17, 15) is 4.79 Å². The van der Waals surface area contributed by atoms with E-state index in [1.165, 1.54) is 0 Å². The third-order valence-corrected chi connectivity index (χ3v) is 7.54. The topological polar surface area (TPSA) is 79.8 Å². The lowest BCUT2D eigenvalue weighted by Crippen LogP contribution is -2.54. The smallest absolute Gasteiger partial charge is 0.411 e. The van der Waals surface area contributed by atoms with Crippen LogP contribution in [0.3, 0.4) is 0 Å². The van der Waals surface area contributed by atoms with E-state index in [-0.39, 0.29) is 6.04 Å². The average Bonchev–Trinajstić information content (AvgIpc) is 2.92. The summed E-state index contributed by atoms with van der Waals surface area (Å²) in [5.74, 6) is 2.42. The Morgan fingerprint density at radius 2 is 1.86 bits per heavy atom. The number of aromatic nitrogens is 2. The number of methoxy groups -OCH3 is 1. The summed E-state index contributed by atoms with van der Waals surface area (Å²) in [4.78, 5) is 26.5. The van der Waals surface area contributed by atoms with E-state index >= 15 is 0 Å². The van der Waals surface area contributed by atoms with Crippen LogP contribution in [0.15, 0.2) is 54.6 Å². The Balaban J connectivity index is 1.21. The molecule has 1 aromatic heterocycles. The number of nitrogens with one attached hydrogen (secondary N) is 1. The second kappa shape index (κ2) is 10.8. The molecule has 194 valence electrons. The van der Waals surface area contributed by atoms with E-state index in [0.717, 1.165) is 60.1 Å². The Hall–Kier alpha value is -3.65. The lowest BCUT2D eigenvalue weighted by Gasteiger charge is -2.49. The second-order valence-corrected chi connectivity index (χ2v) is 10.2. The zero-order valence-electron chi connectivity index (χ0n) is 22.0. The SMILES string of the molecule is COc1ccc(NC(=O)OCC2CC3CCN2CC3c2cc(-c3ccc(N(C)C)cc3)nc(C)n2)cc1. The molecule has 0 radical (unpaired) electrons. The van der Waals surface area contributed by atoms with Gasteiger partial charge in [-0.15, -0.1) is 0 Å². The molecule has 1 amide bonds. The number of carbonyl (C=O) groups is 1. The summed E-state index contributed by atoms with van der Waals surface area (Å²) in [6.45, 7) is 4.31. The van der Waals surface area contributed by atoms with Gasteiger partial charge in [-0.3, -0.25) is 10.2 Å². The van der Waals surface area contributed by atoms with Crippen LogP contribution in [0.5, 0.6) is 5.75 Å². The summed E-state index contributed by atoms with van der Waals surface area (Å²) in [6.07, 6.45) is 1.70. The number of aryl methyl sites for hydroxylation is 1. The minimum absolute atomic E-state index is 0.234. The summed E-state index contributed by atoms with van der Waals surface area (Å²) in [5, 5.41) is 2.79. The van der Waals surface area contributed by atoms with Crippen LogP contribution in [0.1, 0.15) is 30.3 Å². The highest BCUT2D eigenvalue weighted by Gasteiger charge is 2.42. The average molecular weight is 502 g/mol. The molecule has 3 aliphatic heterocycles. The summed E-state index contributed by atoms with van der Waals surface area (Å²) >= 11 is 0. The van der Waals surface area contributed by atoms with Crippen LogP contribution in [0.2, 0.25) is 0 Å². The number of hydrogen-bond acceptors (Lipinski definition) is 7. The molecule has 8 heteroatoms. The standard InChI is InChI=1S/C29H35N5O3/c1-19-30-27(20-5-9-23(10-6-20)33(2)3)16-28(31-19)26-17-34-14-13-21(26)15-24(34)18-37-29(35)32-22-7-11-25(36-4)12-8-22/h5-12,16,21,24,26H,13-15,17-18H2,1-4H3,(H,32,35). The predicted octanol–water partition coefficient (Wildman–Crippen LogP) is 4.95. The number of fused-ring (bicyclic) bond motifs is 3. The van der Waals surface area contributed by atoms with Crippen molar-refractivity contribution in [2.45, 2.75) is 31.7 Å². The number of anilines is 2. The fourth-order valence-corrected chi connectivity index (χ4v) is 5.51. The molecule has 6 rings (SSSR count). The van der Waals surface area contributed by atoms with Crippen molar-refractivity contribution in [1.29, 1.82) is 0 Å². The first-order valence-electron chi connectivity index (χ1n) is 12.8. The van der Waals surface area contributed by atoms with Gasteiger partial charge in [-0.25, -0.2) is 14.8 Å². The molecule has 8 nitrogen and oxygen atoms in total. The van der Waals surface area contributed by atoms with Crippen molar-refractivity contribution in [3.05, 3.63) is 66.1 Å². The van der Waals surface area contributed by atoms with Crippen molar-refractivity contribution in [3.8, 4) is 17.0 Å². The molecule has 1 N–H and O–H groups in total. The number of benzene rings is 2. The molecule has 3 aromatic rings. The minimum atomic E-state index is -0.430. The van der Waals surface area contributed by atoms with Crippen LogP contribution in [-0.4, -0.2) is 67.9 Å². The molecule has 3 aliphatic rings. The van der Waals surface area contributed by atoms with Crippen molar-refractivity contribution in [2.75, 3.05) is 51.1 Å². The monoisotopic (exact) mass is 501 g/mol. The van der Waals surface area contributed by atoms with E-state index in [1.54, 1.807) is 31.4 Å². The van der Waals surface area contributed by atoms with Gasteiger partial charge in [-0.1, -0.05) is 12.1 Å². The molecule has 2 aromatic carbocycles. The molecule has 3 saturated heterocycles. The van der Waals surface area contributed by atoms with Gasteiger partial charge >= 0.3 is 6.09 Å². The molecule has 4 heterocycles. The Kier molecular flexibility index (Phi) is 7.28. The van der Waals surface area contributed by atoms with Crippen molar-refractivity contribution in [3.63, 3.8) is 0 Å². The van der Waals surface area contributed by atoms with Gasteiger partial charge in [0.1, 0.15) is 18.2 Å². The first-order valence-corrected chi connectivity index (χ1v) is 12.8. The highest BCUT2D eigenvalue weighted by molar-refractivity contribution is 5.84. The molecule has 2 bridgehead atoms. The zero-order chi connectivity index (χ0) is 25.9. The van der Waals surface area contributed by atoms with Crippen LogP contribution in [0, 0.1) is 12.8 Å². The normalized spacial score (nSPS) is 22.4. The summed E-state index contributed by atoms with van der Waals surface area (Å²) in [5.41, 5.74) is 5.04.